The molecule has 1 amide bonds. The molecule has 3 unspecified atom stereocenters. The Hall–Kier alpha value is -0.570. The predicted molar refractivity (Wildman–Crippen MR) is 78.7 cm³/mol. The van der Waals surface area contributed by atoms with Gasteiger partial charge in [-0.05, 0) is 42.6 Å². The third-order valence-electron chi connectivity index (χ3n) is 5.11. The van der Waals surface area contributed by atoms with Gasteiger partial charge in [0.15, 0.2) is 0 Å². The molecule has 1 saturated heterocycles. The number of carbonyl (C=O) groups is 1. The van der Waals surface area contributed by atoms with Gasteiger partial charge < -0.3 is 10.6 Å². The summed E-state index contributed by atoms with van der Waals surface area (Å²) in [7, 11) is 0. The Kier molecular flexibility index (Phi) is 3.97. The van der Waals surface area contributed by atoms with Gasteiger partial charge in [-0.1, -0.05) is 34.1 Å². The van der Waals surface area contributed by atoms with Crippen LogP contribution in [0.25, 0.3) is 0 Å². The van der Waals surface area contributed by atoms with E-state index in [2.05, 4.69) is 32.6 Å². The molecule has 1 aliphatic heterocycles. The smallest absolute Gasteiger partial charge is 0.223 e. The Morgan fingerprint density at radius 3 is 2.63 bits per heavy atom. The molecule has 110 valence electrons. The van der Waals surface area contributed by atoms with Gasteiger partial charge in [0, 0.05) is 19.0 Å². The first-order valence-electron chi connectivity index (χ1n) is 7.78. The summed E-state index contributed by atoms with van der Waals surface area (Å²) in [5.74, 6) is 0.692. The average molecular weight is 266 g/mol. The topological polar surface area (TPSA) is 46.3 Å². The van der Waals surface area contributed by atoms with Crippen molar-refractivity contribution < 1.29 is 4.79 Å². The van der Waals surface area contributed by atoms with Gasteiger partial charge in [-0.25, -0.2) is 0 Å². The first-order chi connectivity index (χ1) is 8.78. The van der Waals surface area contributed by atoms with E-state index in [0.717, 1.165) is 19.4 Å². The normalized spacial score (nSPS) is 34.4. The molecule has 2 N–H and O–H groups in total. The zero-order valence-corrected chi connectivity index (χ0v) is 13.0. The van der Waals surface area contributed by atoms with Crippen LogP contribution < -0.4 is 5.73 Å². The zero-order valence-electron chi connectivity index (χ0n) is 13.0. The van der Waals surface area contributed by atoms with Gasteiger partial charge in [0.1, 0.15) is 0 Å². The summed E-state index contributed by atoms with van der Waals surface area (Å²) in [6.07, 6.45) is 5.24. The highest BCUT2D eigenvalue weighted by Crippen LogP contribution is 2.52. The number of hydrogen-bond donors (Lipinski definition) is 1. The molecule has 1 aliphatic carbocycles. The molecule has 3 atom stereocenters. The average Bonchev–Trinajstić information content (AvgIpc) is 2.55. The molecule has 0 aromatic rings. The van der Waals surface area contributed by atoms with E-state index < -0.39 is 0 Å². The summed E-state index contributed by atoms with van der Waals surface area (Å²) in [5, 5.41) is 0. The monoisotopic (exact) mass is 266 g/mol. The van der Waals surface area contributed by atoms with E-state index in [1.54, 1.807) is 0 Å². The van der Waals surface area contributed by atoms with Crippen molar-refractivity contribution >= 4 is 5.91 Å². The van der Waals surface area contributed by atoms with Gasteiger partial charge in [-0.2, -0.15) is 0 Å². The second-order valence-electron chi connectivity index (χ2n) is 7.95. The zero-order chi connectivity index (χ0) is 14.3. The van der Waals surface area contributed by atoms with E-state index in [1.165, 1.54) is 12.8 Å². The lowest BCUT2D eigenvalue weighted by molar-refractivity contribution is -0.133. The number of likely N-dealkylation sites (tertiary alicyclic amines) is 1. The summed E-state index contributed by atoms with van der Waals surface area (Å²) in [4.78, 5) is 14.7. The fraction of sp³-hybridized carbons (Fsp3) is 0.938. The standard InChI is InChI=1S/C16H30N2O/c1-5-12(9-17)6-14(19)18-11-16(4)8-13(18)7-15(2,3)10-16/h12-13H,5-11,17H2,1-4H3. The van der Waals surface area contributed by atoms with Crippen molar-refractivity contribution in [3.8, 4) is 0 Å². The van der Waals surface area contributed by atoms with E-state index in [-0.39, 0.29) is 0 Å². The van der Waals surface area contributed by atoms with Crippen LogP contribution in [0, 0.1) is 16.7 Å². The summed E-state index contributed by atoms with van der Waals surface area (Å²) < 4.78 is 0. The van der Waals surface area contributed by atoms with Crippen molar-refractivity contribution in [3.63, 3.8) is 0 Å². The minimum Gasteiger partial charge on any atom is -0.339 e. The van der Waals surface area contributed by atoms with Gasteiger partial charge in [0.25, 0.3) is 0 Å². The summed E-state index contributed by atoms with van der Waals surface area (Å²) in [6, 6.07) is 0.469. The number of rotatable bonds is 4. The molecule has 19 heavy (non-hydrogen) atoms. The van der Waals surface area contributed by atoms with Crippen LogP contribution in [0.1, 0.15) is 59.8 Å². The fourth-order valence-corrected chi connectivity index (χ4v) is 4.51. The van der Waals surface area contributed by atoms with Crippen LogP contribution in [0.5, 0.6) is 0 Å². The fourth-order valence-electron chi connectivity index (χ4n) is 4.51. The second kappa shape index (κ2) is 5.08. The van der Waals surface area contributed by atoms with Crippen LogP contribution in [0.3, 0.4) is 0 Å². The molecule has 0 aromatic heterocycles. The summed E-state index contributed by atoms with van der Waals surface area (Å²) in [6.45, 7) is 10.8. The number of carbonyl (C=O) groups excluding carboxylic acids is 1. The Morgan fingerprint density at radius 1 is 1.37 bits per heavy atom. The van der Waals surface area contributed by atoms with Crippen molar-refractivity contribution in [1.29, 1.82) is 0 Å². The molecule has 2 bridgehead atoms. The molecule has 0 aromatic carbocycles. The highest BCUT2D eigenvalue weighted by atomic mass is 16.2. The predicted octanol–water partition coefficient (Wildman–Crippen LogP) is 2.79. The van der Waals surface area contributed by atoms with Gasteiger partial charge in [0.2, 0.25) is 5.91 Å². The van der Waals surface area contributed by atoms with Crippen molar-refractivity contribution in [1.82, 2.24) is 4.90 Å². The maximum absolute atomic E-state index is 12.5. The second-order valence-corrected chi connectivity index (χ2v) is 7.95. The van der Waals surface area contributed by atoms with Crippen molar-refractivity contribution in [2.75, 3.05) is 13.1 Å². The maximum Gasteiger partial charge on any atom is 0.223 e. The largest absolute Gasteiger partial charge is 0.339 e. The maximum atomic E-state index is 12.5. The molecule has 2 rings (SSSR count). The van der Waals surface area contributed by atoms with Crippen LogP contribution >= 0.6 is 0 Å². The highest BCUT2D eigenvalue weighted by Gasteiger charge is 2.50. The van der Waals surface area contributed by atoms with Crippen molar-refractivity contribution in [2.45, 2.75) is 65.8 Å². The minimum absolute atomic E-state index is 0.337. The molecule has 0 spiro atoms. The van der Waals surface area contributed by atoms with Gasteiger partial charge in [0.05, 0.1) is 0 Å². The first kappa shape index (κ1) is 14.8. The molecular weight excluding hydrogens is 236 g/mol. The Bertz CT molecular complexity index is 349. The van der Waals surface area contributed by atoms with Gasteiger partial charge >= 0.3 is 0 Å². The van der Waals surface area contributed by atoms with Crippen LogP contribution in [0.2, 0.25) is 0 Å². The Balaban J connectivity index is 2.05. The third kappa shape index (κ3) is 3.13. The first-order valence-corrected chi connectivity index (χ1v) is 7.78. The van der Waals surface area contributed by atoms with E-state index >= 15 is 0 Å². The Morgan fingerprint density at radius 2 is 2.05 bits per heavy atom. The van der Waals surface area contributed by atoms with E-state index in [1.807, 2.05) is 0 Å². The SMILES string of the molecule is CCC(CN)CC(=O)N1CC2(C)CC1CC(C)(C)C2. The number of amides is 1. The quantitative estimate of drug-likeness (QED) is 0.850. The molecule has 2 fully saturated rings. The highest BCUT2D eigenvalue weighted by molar-refractivity contribution is 5.77. The van der Waals surface area contributed by atoms with E-state index in [4.69, 9.17) is 5.73 Å². The van der Waals surface area contributed by atoms with Gasteiger partial charge in [-0.15, -0.1) is 0 Å². The molecule has 3 nitrogen and oxygen atoms in total. The summed E-state index contributed by atoms with van der Waals surface area (Å²) >= 11 is 0. The molecule has 2 aliphatic rings. The van der Waals surface area contributed by atoms with Crippen LogP contribution in [-0.2, 0) is 4.79 Å². The number of fused-ring (bicyclic) bond motifs is 2. The number of hydrogen-bond acceptors (Lipinski definition) is 2. The van der Waals surface area contributed by atoms with E-state index in [0.29, 0.717) is 41.7 Å². The third-order valence-corrected chi connectivity index (χ3v) is 5.11. The molecule has 3 heteroatoms. The van der Waals surface area contributed by atoms with Crippen LogP contribution in [0.4, 0.5) is 0 Å². The lowest BCUT2D eigenvalue weighted by atomic mass is 9.65. The molecule has 1 saturated carbocycles. The van der Waals surface area contributed by atoms with Crippen molar-refractivity contribution in [2.24, 2.45) is 22.5 Å². The summed E-state index contributed by atoms with van der Waals surface area (Å²) in [5.41, 5.74) is 6.45. The minimum atomic E-state index is 0.337. The van der Waals surface area contributed by atoms with Crippen LogP contribution in [-0.4, -0.2) is 29.9 Å². The van der Waals surface area contributed by atoms with E-state index in [9.17, 15) is 4.79 Å². The molecular formula is C16H30N2O. The van der Waals surface area contributed by atoms with Crippen LogP contribution in [0.15, 0.2) is 0 Å². The Labute approximate surface area is 117 Å². The number of nitrogens with two attached hydrogens (primary N) is 1. The van der Waals surface area contributed by atoms with Gasteiger partial charge in [-0.3, -0.25) is 4.79 Å². The van der Waals surface area contributed by atoms with Crippen molar-refractivity contribution in [3.05, 3.63) is 0 Å². The number of nitrogens with zero attached hydrogens (tertiary/aromatic N) is 1. The molecule has 1 heterocycles. The molecule has 0 radical (unpaired) electrons. The lowest BCUT2D eigenvalue weighted by Gasteiger charge is -2.39. The lowest BCUT2D eigenvalue weighted by Crippen LogP contribution is -2.38.